The van der Waals surface area contributed by atoms with Gasteiger partial charge in [-0.2, -0.15) is 18.4 Å². The molecule has 1 aliphatic heterocycles. The zero-order chi connectivity index (χ0) is 13.2. The van der Waals surface area contributed by atoms with Crippen LogP contribution in [-0.4, -0.2) is 12.6 Å². The Hall–Kier alpha value is -1.70. The molecule has 0 radical (unpaired) electrons. The van der Waals surface area contributed by atoms with Crippen molar-refractivity contribution in [2.45, 2.75) is 31.5 Å². The van der Waals surface area contributed by atoms with Crippen molar-refractivity contribution in [2.75, 3.05) is 11.4 Å². The number of piperidine rings is 1. The highest BCUT2D eigenvalue weighted by molar-refractivity contribution is 5.51. The maximum atomic E-state index is 12.6. The van der Waals surface area contributed by atoms with E-state index in [9.17, 15) is 13.2 Å². The Balaban J connectivity index is 2.30. The standard InChI is InChI=1S/C13H13F3N2/c14-13(15,16)10-4-3-6-11(8-10)18-7-2-1-5-12(18)9-17/h3-4,6,8,12H,1-2,5,7H2. The zero-order valence-electron chi connectivity index (χ0n) is 9.74. The maximum Gasteiger partial charge on any atom is 0.416 e. The number of anilines is 1. The summed E-state index contributed by atoms with van der Waals surface area (Å²) in [7, 11) is 0. The van der Waals surface area contributed by atoms with E-state index >= 15 is 0 Å². The molecule has 96 valence electrons. The van der Waals surface area contributed by atoms with Crippen molar-refractivity contribution in [1.82, 2.24) is 0 Å². The van der Waals surface area contributed by atoms with Crippen LogP contribution in [0.15, 0.2) is 24.3 Å². The summed E-state index contributed by atoms with van der Waals surface area (Å²) >= 11 is 0. The molecule has 0 aromatic heterocycles. The summed E-state index contributed by atoms with van der Waals surface area (Å²) in [4.78, 5) is 1.76. The number of nitriles is 1. The van der Waals surface area contributed by atoms with Crippen molar-refractivity contribution in [3.05, 3.63) is 29.8 Å². The molecule has 0 bridgehead atoms. The van der Waals surface area contributed by atoms with Crippen molar-refractivity contribution in [3.63, 3.8) is 0 Å². The van der Waals surface area contributed by atoms with Gasteiger partial charge in [-0.25, -0.2) is 0 Å². The second-order valence-corrected chi connectivity index (χ2v) is 4.38. The molecule has 0 N–H and O–H groups in total. The molecule has 1 saturated heterocycles. The predicted molar refractivity (Wildman–Crippen MR) is 62.0 cm³/mol. The summed E-state index contributed by atoms with van der Waals surface area (Å²) in [6.07, 6.45) is -1.76. The van der Waals surface area contributed by atoms with E-state index in [0.717, 1.165) is 25.0 Å². The Bertz CT molecular complexity index is 462. The first-order valence-electron chi connectivity index (χ1n) is 5.86. The third kappa shape index (κ3) is 2.58. The van der Waals surface area contributed by atoms with Crippen LogP contribution in [0.4, 0.5) is 18.9 Å². The SMILES string of the molecule is N#CC1CCCCN1c1cccc(C(F)(F)F)c1. The lowest BCUT2D eigenvalue weighted by atomic mass is 10.0. The number of benzene rings is 1. The number of rotatable bonds is 1. The third-order valence-electron chi connectivity index (χ3n) is 3.16. The Kier molecular flexibility index (Phi) is 3.46. The molecule has 1 heterocycles. The summed E-state index contributed by atoms with van der Waals surface area (Å²) in [6, 6.07) is 7.03. The first kappa shape index (κ1) is 12.7. The van der Waals surface area contributed by atoms with Crippen LogP contribution in [0, 0.1) is 11.3 Å². The van der Waals surface area contributed by atoms with Crippen molar-refractivity contribution >= 4 is 5.69 Å². The molecular weight excluding hydrogens is 241 g/mol. The molecule has 1 fully saturated rings. The molecule has 1 aliphatic rings. The van der Waals surface area contributed by atoms with Gasteiger partial charge in [0.2, 0.25) is 0 Å². The van der Waals surface area contributed by atoms with Crippen molar-refractivity contribution in [2.24, 2.45) is 0 Å². The number of hydrogen-bond acceptors (Lipinski definition) is 2. The Morgan fingerprint density at radius 1 is 1.28 bits per heavy atom. The van der Waals surface area contributed by atoms with Crippen LogP contribution in [0.2, 0.25) is 0 Å². The molecule has 1 aromatic rings. The summed E-state index contributed by atoms with van der Waals surface area (Å²) in [6.45, 7) is 0.638. The van der Waals surface area contributed by atoms with E-state index in [2.05, 4.69) is 6.07 Å². The highest BCUT2D eigenvalue weighted by Gasteiger charge is 2.31. The van der Waals surface area contributed by atoms with Gasteiger partial charge in [0.05, 0.1) is 11.6 Å². The van der Waals surface area contributed by atoms with Gasteiger partial charge in [-0.3, -0.25) is 0 Å². The molecule has 1 atom stereocenters. The van der Waals surface area contributed by atoms with Gasteiger partial charge in [-0.05, 0) is 37.5 Å². The average molecular weight is 254 g/mol. The number of nitrogens with zero attached hydrogens (tertiary/aromatic N) is 2. The van der Waals surface area contributed by atoms with Crippen molar-refractivity contribution < 1.29 is 13.2 Å². The topological polar surface area (TPSA) is 27.0 Å². The van der Waals surface area contributed by atoms with E-state index in [1.165, 1.54) is 6.07 Å². The molecule has 0 amide bonds. The molecule has 1 unspecified atom stereocenters. The summed E-state index contributed by atoms with van der Waals surface area (Å²) in [5.41, 5.74) is -0.182. The molecule has 2 nitrogen and oxygen atoms in total. The molecule has 0 aliphatic carbocycles. The van der Waals surface area contributed by atoms with Gasteiger partial charge >= 0.3 is 6.18 Å². The minimum absolute atomic E-state index is 0.317. The maximum absolute atomic E-state index is 12.6. The number of halogens is 3. The van der Waals surface area contributed by atoms with Crippen LogP contribution < -0.4 is 4.90 Å². The minimum atomic E-state index is -4.34. The van der Waals surface area contributed by atoms with Crippen LogP contribution in [0.25, 0.3) is 0 Å². The quantitative estimate of drug-likeness (QED) is 0.765. The summed E-state index contributed by atoms with van der Waals surface area (Å²) in [5, 5.41) is 9.04. The van der Waals surface area contributed by atoms with Crippen LogP contribution in [0.3, 0.4) is 0 Å². The van der Waals surface area contributed by atoms with Gasteiger partial charge in [0.1, 0.15) is 6.04 Å². The van der Waals surface area contributed by atoms with Crippen molar-refractivity contribution in [3.8, 4) is 6.07 Å². The fraction of sp³-hybridized carbons (Fsp3) is 0.462. The molecule has 18 heavy (non-hydrogen) atoms. The molecule has 1 aromatic carbocycles. The highest BCUT2D eigenvalue weighted by Crippen LogP contribution is 2.33. The van der Waals surface area contributed by atoms with Gasteiger partial charge in [0.15, 0.2) is 0 Å². The van der Waals surface area contributed by atoms with E-state index in [-0.39, 0.29) is 6.04 Å². The van der Waals surface area contributed by atoms with Gasteiger partial charge in [0.25, 0.3) is 0 Å². The summed E-state index contributed by atoms with van der Waals surface area (Å²) in [5.74, 6) is 0. The first-order valence-corrected chi connectivity index (χ1v) is 5.86. The lowest BCUT2D eigenvalue weighted by Gasteiger charge is -2.33. The molecule has 2 rings (SSSR count). The Labute approximate surface area is 104 Å². The van der Waals surface area contributed by atoms with E-state index in [0.29, 0.717) is 18.7 Å². The van der Waals surface area contributed by atoms with Gasteiger partial charge in [-0.15, -0.1) is 0 Å². The molecule has 0 saturated carbocycles. The lowest BCUT2D eigenvalue weighted by Crippen LogP contribution is -2.38. The van der Waals surface area contributed by atoms with Gasteiger partial charge in [0, 0.05) is 12.2 Å². The number of alkyl halides is 3. The monoisotopic (exact) mass is 254 g/mol. The Morgan fingerprint density at radius 3 is 2.72 bits per heavy atom. The molecular formula is C13H13F3N2. The highest BCUT2D eigenvalue weighted by atomic mass is 19.4. The van der Waals surface area contributed by atoms with Gasteiger partial charge in [-0.1, -0.05) is 6.07 Å². The molecule has 5 heteroatoms. The lowest BCUT2D eigenvalue weighted by molar-refractivity contribution is -0.137. The van der Waals surface area contributed by atoms with Gasteiger partial charge < -0.3 is 4.90 Å². The number of hydrogen-bond donors (Lipinski definition) is 0. The fourth-order valence-electron chi connectivity index (χ4n) is 2.24. The summed E-state index contributed by atoms with van der Waals surface area (Å²) < 4.78 is 37.9. The second kappa shape index (κ2) is 4.89. The average Bonchev–Trinajstić information content (AvgIpc) is 2.38. The smallest absolute Gasteiger partial charge is 0.356 e. The van der Waals surface area contributed by atoms with Crippen molar-refractivity contribution in [1.29, 1.82) is 5.26 Å². The molecule has 0 spiro atoms. The fourth-order valence-corrected chi connectivity index (χ4v) is 2.24. The predicted octanol–water partition coefficient (Wildman–Crippen LogP) is 3.59. The van der Waals surface area contributed by atoms with E-state index < -0.39 is 11.7 Å². The first-order chi connectivity index (χ1) is 8.52. The largest absolute Gasteiger partial charge is 0.416 e. The van der Waals surface area contributed by atoms with E-state index in [1.54, 1.807) is 11.0 Å². The third-order valence-corrected chi connectivity index (χ3v) is 3.16. The van der Waals surface area contributed by atoms with Crippen LogP contribution in [-0.2, 0) is 6.18 Å². The van der Waals surface area contributed by atoms with Crippen LogP contribution >= 0.6 is 0 Å². The zero-order valence-corrected chi connectivity index (χ0v) is 9.74. The van der Waals surface area contributed by atoms with E-state index in [1.807, 2.05) is 0 Å². The minimum Gasteiger partial charge on any atom is -0.356 e. The van der Waals surface area contributed by atoms with Crippen LogP contribution in [0.1, 0.15) is 24.8 Å². The van der Waals surface area contributed by atoms with Crippen LogP contribution in [0.5, 0.6) is 0 Å². The normalized spacial score (nSPS) is 20.6. The van der Waals surface area contributed by atoms with E-state index in [4.69, 9.17) is 5.26 Å². The second-order valence-electron chi connectivity index (χ2n) is 4.38. The Morgan fingerprint density at radius 2 is 2.06 bits per heavy atom.